The van der Waals surface area contributed by atoms with Crippen molar-refractivity contribution in [1.82, 2.24) is 9.97 Å². The molecule has 3 unspecified atom stereocenters. The van der Waals surface area contributed by atoms with Crippen molar-refractivity contribution in [3.63, 3.8) is 0 Å². The van der Waals surface area contributed by atoms with Gasteiger partial charge in [-0.2, -0.15) is 0 Å². The Kier molecular flexibility index (Phi) is 8.97. The smallest absolute Gasteiger partial charge is 0.120 e. The molecule has 1 radical (unpaired) electrons. The number of hydrogen-bond acceptors (Lipinski definition) is 3. The zero-order chi connectivity index (χ0) is 31.3. The van der Waals surface area contributed by atoms with Gasteiger partial charge in [0.05, 0.1) is 5.58 Å². The minimum atomic E-state index is -1.57. The Balaban J connectivity index is 0.000000223. The van der Waals surface area contributed by atoms with E-state index in [9.17, 15) is 0 Å². The number of nitrogens with zero attached hydrogens (tertiary/aromatic N) is 2. The van der Waals surface area contributed by atoms with Crippen molar-refractivity contribution in [1.29, 1.82) is 0 Å². The van der Waals surface area contributed by atoms with Crippen LogP contribution >= 0.6 is 0 Å². The van der Waals surface area contributed by atoms with Crippen molar-refractivity contribution in [2.24, 2.45) is 17.3 Å². The molecule has 2 aliphatic carbocycles. The van der Waals surface area contributed by atoms with Crippen LogP contribution in [0.15, 0.2) is 95.7 Å². The average molecular weight is 799 g/mol. The van der Waals surface area contributed by atoms with Gasteiger partial charge in [-0.15, -0.1) is 53.2 Å². The molecule has 2 aliphatic rings. The number of aryl methyl sites for hydroxylation is 1. The maximum atomic E-state index is 6.47. The largest absolute Gasteiger partial charge is 0.501 e. The third-order valence-electron chi connectivity index (χ3n) is 10.5. The van der Waals surface area contributed by atoms with E-state index in [1.807, 2.05) is 42.7 Å². The zero-order valence-electron chi connectivity index (χ0n) is 27.6. The molecule has 237 valence electrons. The molecule has 3 aromatic carbocycles. The van der Waals surface area contributed by atoms with Crippen molar-refractivity contribution in [2.45, 2.75) is 65.6 Å². The summed E-state index contributed by atoms with van der Waals surface area (Å²) >= 11 is 0. The number of benzene rings is 3. The fourth-order valence-corrected chi connectivity index (χ4v) is 9.51. The number of fused-ring (bicyclic) bond motifs is 5. The quantitative estimate of drug-likeness (QED) is 0.132. The number of pyridine rings is 2. The van der Waals surface area contributed by atoms with E-state index >= 15 is 0 Å². The maximum absolute atomic E-state index is 6.47. The van der Waals surface area contributed by atoms with E-state index in [0.29, 0.717) is 11.3 Å². The van der Waals surface area contributed by atoms with Gasteiger partial charge in [0.25, 0.3) is 0 Å². The molecule has 5 heteroatoms. The Morgan fingerprint density at radius 2 is 1.63 bits per heavy atom. The van der Waals surface area contributed by atoms with Crippen molar-refractivity contribution < 1.29 is 24.5 Å². The second-order valence-corrected chi connectivity index (χ2v) is 19.7. The van der Waals surface area contributed by atoms with Crippen molar-refractivity contribution in [3.05, 3.63) is 115 Å². The molecule has 3 nitrogen and oxygen atoms in total. The van der Waals surface area contributed by atoms with Crippen LogP contribution in [0.2, 0.25) is 19.6 Å². The van der Waals surface area contributed by atoms with Crippen LogP contribution in [0.5, 0.6) is 0 Å². The minimum Gasteiger partial charge on any atom is -0.501 e. The van der Waals surface area contributed by atoms with E-state index in [2.05, 4.69) is 106 Å². The number of furan rings is 1. The van der Waals surface area contributed by atoms with Gasteiger partial charge < -0.3 is 14.4 Å². The number of aromatic nitrogens is 2. The number of rotatable bonds is 4. The molecule has 6 aromatic rings. The maximum Gasteiger partial charge on any atom is 0.120 e. The van der Waals surface area contributed by atoms with Gasteiger partial charge in [-0.3, -0.25) is 0 Å². The molecular formula is C41H42IrN2OSi-2. The first-order valence-corrected chi connectivity index (χ1v) is 19.8. The predicted molar refractivity (Wildman–Crippen MR) is 189 cm³/mol. The Bertz CT molecular complexity index is 1990. The van der Waals surface area contributed by atoms with Crippen LogP contribution < -0.4 is 5.19 Å². The summed E-state index contributed by atoms with van der Waals surface area (Å²) in [6.07, 6.45) is 7.91. The third-order valence-corrected chi connectivity index (χ3v) is 12.5. The predicted octanol–water partition coefficient (Wildman–Crippen LogP) is 10.4. The second kappa shape index (κ2) is 12.7. The first kappa shape index (κ1) is 32.6. The molecule has 0 spiro atoms. The normalized spacial score (nSPS) is 19.9. The van der Waals surface area contributed by atoms with E-state index in [4.69, 9.17) is 9.40 Å². The van der Waals surface area contributed by atoms with Crippen LogP contribution in [-0.4, -0.2) is 18.0 Å². The molecule has 8 rings (SSSR count). The van der Waals surface area contributed by atoms with Crippen LogP contribution in [0.3, 0.4) is 0 Å². The van der Waals surface area contributed by atoms with E-state index in [1.54, 1.807) is 0 Å². The van der Waals surface area contributed by atoms with Gasteiger partial charge in [0, 0.05) is 46.0 Å². The van der Waals surface area contributed by atoms with Gasteiger partial charge in [0.2, 0.25) is 0 Å². The zero-order valence-corrected chi connectivity index (χ0v) is 31.0. The summed E-state index contributed by atoms with van der Waals surface area (Å²) < 4.78 is 6.47. The summed E-state index contributed by atoms with van der Waals surface area (Å²) in [6, 6.07) is 33.9. The summed E-state index contributed by atoms with van der Waals surface area (Å²) in [5.74, 6) is 2.30. The van der Waals surface area contributed by atoms with Gasteiger partial charge >= 0.3 is 0 Å². The molecule has 46 heavy (non-hydrogen) atoms. The first-order valence-electron chi connectivity index (χ1n) is 16.3. The standard InChI is InChI=1S/C29H32NOSi.C12H10N.Ir/c1-29(2)19-10-12-23(29)22(17-19)18-14-15-30-24(16-18)20-11-13-26(32(3,4)5)27-21-8-6-7-9-25(21)31-28(20)27;1-10-7-8-13-12(9-10)11-5-3-2-4-6-11;/h6-9,13-16,19,22-23H,10,12,17H2,1-5H3;2-5,7-9H,1H3;/q2*-1;. The van der Waals surface area contributed by atoms with Crippen LogP contribution in [-0.2, 0) is 20.1 Å². The van der Waals surface area contributed by atoms with Crippen molar-refractivity contribution in [2.75, 3.05) is 0 Å². The van der Waals surface area contributed by atoms with Crippen molar-refractivity contribution >= 4 is 35.2 Å². The van der Waals surface area contributed by atoms with Crippen LogP contribution in [0.1, 0.15) is 50.2 Å². The summed E-state index contributed by atoms with van der Waals surface area (Å²) in [6.45, 7) is 14.2. The van der Waals surface area contributed by atoms with E-state index in [1.165, 1.54) is 46.3 Å². The molecule has 2 saturated carbocycles. The molecule has 0 saturated heterocycles. The van der Waals surface area contributed by atoms with Crippen LogP contribution in [0.25, 0.3) is 44.5 Å². The van der Waals surface area contributed by atoms with Crippen LogP contribution in [0.4, 0.5) is 0 Å². The van der Waals surface area contributed by atoms with E-state index in [-0.39, 0.29) is 20.1 Å². The fourth-order valence-electron chi connectivity index (χ4n) is 8.01. The molecule has 3 aromatic heterocycles. The Morgan fingerprint density at radius 1 is 0.870 bits per heavy atom. The van der Waals surface area contributed by atoms with Gasteiger partial charge in [0.1, 0.15) is 5.58 Å². The average Bonchev–Trinajstić information content (AvgIpc) is 3.65. The topological polar surface area (TPSA) is 38.9 Å². The Hall–Kier alpha value is -3.37. The van der Waals surface area contributed by atoms with Crippen molar-refractivity contribution in [3.8, 4) is 22.5 Å². The van der Waals surface area contributed by atoms with Gasteiger partial charge in [0.15, 0.2) is 0 Å². The Labute approximate surface area is 288 Å². The Morgan fingerprint density at radius 3 is 2.33 bits per heavy atom. The molecule has 2 bridgehead atoms. The van der Waals surface area contributed by atoms with E-state index in [0.717, 1.165) is 45.5 Å². The fraction of sp³-hybridized carbons (Fsp3) is 0.317. The minimum absolute atomic E-state index is 0. The van der Waals surface area contributed by atoms with Gasteiger partial charge in [-0.1, -0.05) is 85.9 Å². The summed E-state index contributed by atoms with van der Waals surface area (Å²) in [4.78, 5) is 9.09. The molecule has 0 amide bonds. The van der Waals surface area contributed by atoms with Crippen LogP contribution in [0, 0.1) is 36.3 Å². The molecular weight excluding hydrogens is 757 g/mol. The monoisotopic (exact) mass is 799 g/mol. The molecule has 0 aliphatic heterocycles. The van der Waals surface area contributed by atoms with Gasteiger partial charge in [-0.05, 0) is 78.9 Å². The summed E-state index contributed by atoms with van der Waals surface area (Å²) in [7, 11) is -1.57. The summed E-state index contributed by atoms with van der Waals surface area (Å²) in [5.41, 5.74) is 9.07. The SMILES string of the molecule is CC1(C)C2CCC1C(c1ccnc(-c3[c-]cc([Si](C)(C)C)c4c3oc3ccccc34)c1)C2.Cc1ccnc(-c2[c-]cccc2)c1.[Ir]. The molecule has 2 fully saturated rings. The third kappa shape index (κ3) is 5.94. The molecule has 3 atom stereocenters. The molecule has 0 N–H and O–H groups in total. The molecule has 3 heterocycles. The summed E-state index contributed by atoms with van der Waals surface area (Å²) in [5, 5.41) is 3.88. The second-order valence-electron chi connectivity index (χ2n) is 14.6. The van der Waals surface area contributed by atoms with Gasteiger partial charge in [-0.25, -0.2) is 0 Å². The number of hydrogen-bond donors (Lipinski definition) is 0. The van der Waals surface area contributed by atoms with E-state index < -0.39 is 8.07 Å². The number of para-hydroxylation sites is 1. The first-order chi connectivity index (χ1) is 21.6.